The first-order valence-corrected chi connectivity index (χ1v) is 6.31. The molecule has 0 fully saturated rings. The normalized spacial score (nSPS) is 11.2. The van der Waals surface area contributed by atoms with E-state index in [-0.39, 0.29) is 16.7 Å². The lowest BCUT2D eigenvalue weighted by Crippen LogP contribution is -2.20. The Kier molecular flexibility index (Phi) is 3.12. The van der Waals surface area contributed by atoms with Crippen LogP contribution >= 0.6 is 0 Å². The number of rotatable bonds is 4. The molecule has 0 aromatic carbocycles. The topological polar surface area (TPSA) is 128 Å². The van der Waals surface area contributed by atoms with Crippen LogP contribution in [0.5, 0.6) is 0 Å². The summed E-state index contributed by atoms with van der Waals surface area (Å²) in [6.07, 6.45) is 2.67. The van der Waals surface area contributed by atoms with Gasteiger partial charge in [0.2, 0.25) is 5.95 Å². The van der Waals surface area contributed by atoms with Crippen molar-refractivity contribution in [1.29, 1.82) is 0 Å². The van der Waals surface area contributed by atoms with E-state index < -0.39 is 10.0 Å². The number of hydrogen-bond donors (Lipinski definition) is 3. The minimum absolute atomic E-state index is 0.0483. The van der Waals surface area contributed by atoms with E-state index in [1.807, 2.05) is 0 Å². The second-order valence-electron chi connectivity index (χ2n) is 3.31. The van der Waals surface area contributed by atoms with Crippen molar-refractivity contribution < 1.29 is 8.42 Å². The Balaban J connectivity index is 2.40. The van der Waals surface area contributed by atoms with Gasteiger partial charge in [0.05, 0.1) is 0 Å². The summed E-state index contributed by atoms with van der Waals surface area (Å²) in [5.41, 5.74) is 2.22. The third-order valence-corrected chi connectivity index (χ3v) is 3.49. The molecule has 0 aliphatic heterocycles. The van der Waals surface area contributed by atoms with Gasteiger partial charge in [0, 0.05) is 13.2 Å². The summed E-state index contributed by atoms with van der Waals surface area (Å²) in [6, 6.07) is 2.87. The molecule has 0 aliphatic carbocycles. The summed E-state index contributed by atoms with van der Waals surface area (Å²) >= 11 is 0. The van der Waals surface area contributed by atoms with Crippen LogP contribution in [-0.2, 0) is 17.1 Å². The number of nitrogens with zero attached hydrogens (tertiary/aromatic N) is 4. The van der Waals surface area contributed by atoms with E-state index in [9.17, 15) is 8.42 Å². The van der Waals surface area contributed by atoms with E-state index in [2.05, 4.69) is 25.2 Å². The summed E-state index contributed by atoms with van der Waals surface area (Å²) in [7, 11) is -2.26. The van der Waals surface area contributed by atoms with Crippen molar-refractivity contribution in [3.63, 3.8) is 0 Å². The lowest BCUT2D eigenvalue weighted by molar-refractivity contribution is 0.600. The van der Waals surface area contributed by atoms with Crippen molar-refractivity contribution in [1.82, 2.24) is 19.7 Å². The molecule has 18 heavy (non-hydrogen) atoms. The van der Waals surface area contributed by atoms with E-state index in [0.717, 1.165) is 0 Å². The van der Waals surface area contributed by atoms with Crippen molar-refractivity contribution in [2.75, 3.05) is 10.1 Å². The van der Waals surface area contributed by atoms with Gasteiger partial charge in [0.1, 0.15) is 11.2 Å². The van der Waals surface area contributed by atoms with Crippen LogP contribution < -0.4 is 16.0 Å². The maximum atomic E-state index is 12.1. The van der Waals surface area contributed by atoms with E-state index in [1.165, 1.54) is 29.3 Å². The van der Waals surface area contributed by atoms with Crippen molar-refractivity contribution >= 4 is 21.8 Å². The first-order valence-electron chi connectivity index (χ1n) is 4.83. The molecule has 4 N–H and O–H groups in total. The Bertz CT molecular complexity index is 651. The first kappa shape index (κ1) is 12.3. The maximum absolute atomic E-state index is 12.1. The van der Waals surface area contributed by atoms with Crippen molar-refractivity contribution in [3.05, 3.63) is 24.7 Å². The molecule has 2 aromatic rings. The summed E-state index contributed by atoms with van der Waals surface area (Å²) < 4.78 is 27.8. The van der Waals surface area contributed by atoms with Gasteiger partial charge in [-0.2, -0.15) is 10.1 Å². The average molecular weight is 269 g/mol. The van der Waals surface area contributed by atoms with Gasteiger partial charge in [0.15, 0.2) is 5.82 Å². The number of pyridine rings is 1. The second kappa shape index (κ2) is 4.58. The highest BCUT2D eigenvalue weighted by atomic mass is 32.2. The minimum atomic E-state index is -3.83. The Labute approximate surface area is 103 Å². The van der Waals surface area contributed by atoms with Crippen molar-refractivity contribution in [2.24, 2.45) is 12.9 Å². The minimum Gasteiger partial charge on any atom is -0.307 e. The summed E-state index contributed by atoms with van der Waals surface area (Å²) in [5.74, 6) is 5.36. The maximum Gasteiger partial charge on any atom is 0.267 e. The van der Waals surface area contributed by atoms with Crippen molar-refractivity contribution in [3.8, 4) is 0 Å². The van der Waals surface area contributed by atoms with Crippen LogP contribution in [0.3, 0.4) is 0 Å². The smallest absolute Gasteiger partial charge is 0.267 e. The standard InChI is InChI=1S/C8H11N7O2S/c1-15-8(11-5-12-15)14-18(16,17)6-3-2-4-10-7(6)13-9/h2-5H,9H2,1H3,(H,10,13)(H,11,12,14). The number of hydrazine groups is 1. The van der Waals surface area contributed by atoms with Crippen molar-refractivity contribution in [2.45, 2.75) is 4.90 Å². The molecule has 0 radical (unpaired) electrons. The van der Waals surface area contributed by atoms with Gasteiger partial charge in [-0.3, -0.25) is 0 Å². The lowest BCUT2D eigenvalue weighted by atomic mass is 10.5. The number of nitrogen functional groups attached to an aromatic ring is 1. The molecule has 2 aromatic heterocycles. The molecule has 2 rings (SSSR count). The van der Waals surface area contributed by atoms with Gasteiger partial charge in [-0.1, -0.05) is 0 Å². The third-order valence-electron chi connectivity index (χ3n) is 2.13. The fourth-order valence-corrected chi connectivity index (χ4v) is 2.44. The molecule has 0 amide bonds. The molecule has 0 unspecified atom stereocenters. The zero-order chi connectivity index (χ0) is 13.2. The molecule has 0 atom stereocenters. The van der Waals surface area contributed by atoms with E-state index >= 15 is 0 Å². The molecule has 0 bridgehead atoms. The molecular weight excluding hydrogens is 258 g/mol. The predicted octanol–water partition coefficient (Wildman–Crippen LogP) is -0.704. The second-order valence-corrected chi connectivity index (χ2v) is 4.96. The van der Waals surface area contributed by atoms with Gasteiger partial charge in [-0.15, -0.1) is 0 Å². The predicted molar refractivity (Wildman–Crippen MR) is 63.9 cm³/mol. The Morgan fingerprint density at radius 3 is 2.78 bits per heavy atom. The van der Waals surface area contributed by atoms with Crippen LogP contribution in [0, 0.1) is 0 Å². The molecular formula is C8H11N7O2S. The van der Waals surface area contributed by atoms with Crippen LogP contribution in [0.25, 0.3) is 0 Å². The fourth-order valence-electron chi connectivity index (χ4n) is 1.28. The lowest BCUT2D eigenvalue weighted by Gasteiger charge is -2.09. The Morgan fingerprint density at radius 1 is 1.39 bits per heavy atom. The zero-order valence-electron chi connectivity index (χ0n) is 9.40. The van der Waals surface area contributed by atoms with Crippen LogP contribution in [-0.4, -0.2) is 28.2 Å². The highest BCUT2D eigenvalue weighted by Crippen LogP contribution is 2.19. The average Bonchev–Trinajstić information content (AvgIpc) is 2.74. The van der Waals surface area contributed by atoms with Crippen LogP contribution in [0.4, 0.5) is 11.8 Å². The number of aryl methyl sites for hydroxylation is 1. The van der Waals surface area contributed by atoms with Gasteiger partial charge in [0.25, 0.3) is 10.0 Å². The molecule has 96 valence electrons. The summed E-state index contributed by atoms with van der Waals surface area (Å²) in [5, 5.41) is 3.76. The number of sulfonamides is 1. The molecule has 9 nitrogen and oxygen atoms in total. The number of hydrogen-bond acceptors (Lipinski definition) is 7. The van der Waals surface area contributed by atoms with E-state index in [1.54, 1.807) is 7.05 Å². The summed E-state index contributed by atoms with van der Waals surface area (Å²) in [4.78, 5) is 7.51. The molecule has 2 heterocycles. The van der Waals surface area contributed by atoms with E-state index in [4.69, 9.17) is 5.84 Å². The van der Waals surface area contributed by atoms with Crippen LogP contribution in [0.15, 0.2) is 29.6 Å². The quantitative estimate of drug-likeness (QED) is 0.494. The first-order chi connectivity index (χ1) is 8.54. The molecule has 10 heteroatoms. The molecule has 0 spiro atoms. The van der Waals surface area contributed by atoms with Crippen LogP contribution in [0.1, 0.15) is 0 Å². The number of nitrogens with two attached hydrogens (primary N) is 1. The molecule has 0 saturated carbocycles. The third kappa shape index (κ3) is 2.24. The molecule has 0 aliphatic rings. The largest absolute Gasteiger partial charge is 0.307 e. The van der Waals surface area contributed by atoms with Gasteiger partial charge in [-0.05, 0) is 12.1 Å². The fraction of sp³-hybridized carbons (Fsp3) is 0.125. The highest BCUT2D eigenvalue weighted by Gasteiger charge is 2.20. The van der Waals surface area contributed by atoms with Gasteiger partial charge in [-0.25, -0.2) is 28.6 Å². The van der Waals surface area contributed by atoms with E-state index in [0.29, 0.717) is 0 Å². The monoisotopic (exact) mass is 269 g/mol. The highest BCUT2D eigenvalue weighted by molar-refractivity contribution is 7.92. The Hall–Kier alpha value is -2.20. The SMILES string of the molecule is Cn1ncnc1NS(=O)(=O)c1cccnc1NN. The molecule has 0 saturated heterocycles. The summed E-state index contributed by atoms with van der Waals surface area (Å²) in [6.45, 7) is 0. The Morgan fingerprint density at radius 2 is 2.17 bits per heavy atom. The number of aromatic nitrogens is 4. The van der Waals surface area contributed by atoms with Gasteiger partial charge < -0.3 is 5.43 Å². The van der Waals surface area contributed by atoms with Crippen LogP contribution in [0.2, 0.25) is 0 Å². The number of anilines is 2. The van der Waals surface area contributed by atoms with Gasteiger partial charge >= 0.3 is 0 Å². The zero-order valence-corrected chi connectivity index (χ0v) is 10.2. The number of nitrogens with one attached hydrogen (secondary N) is 2.